The average molecular weight is 271 g/mol. The van der Waals surface area contributed by atoms with E-state index in [1.54, 1.807) is 0 Å². The van der Waals surface area contributed by atoms with Gasteiger partial charge in [-0.05, 0) is 37.3 Å². The topological polar surface area (TPSA) is 37.4 Å². The Hall–Kier alpha value is -1.64. The van der Waals surface area contributed by atoms with Gasteiger partial charge in [-0.2, -0.15) is 0 Å². The zero-order valence-electron chi connectivity index (χ0n) is 12.6. The van der Waals surface area contributed by atoms with E-state index in [4.69, 9.17) is 0 Å². The third-order valence-electron chi connectivity index (χ3n) is 5.71. The maximum Gasteiger partial charge on any atom is 0.240 e. The second-order valence-corrected chi connectivity index (χ2v) is 6.96. The third kappa shape index (κ3) is 1.46. The Morgan fingerprint density at radius 2 is 1.70 bits per heavy atom. The molecular formula is C17H21NO2. The van der Waals surface area contributed by atoms with Crippen molar-refractivity contribution in [2.45, 2.75) is 40.5 Å². The molecule has 0 N–H and O–H groups in total. The van der Waals surface area contributed by atoms with Gasteiger partial charge in [0.2, 0.25) is 11.8 Å². The molecule has 106 valence electrons. The van der Waals surface area contributed by atoms with Crippen LogP contribution in [0.25, 0.3) is 0 Å². The number of piperidine rings is 1. The van der Waals surface area contributed by atoms with Crippen molar-refractivity contribution in [3.8, 4) is 0 Å². The number of imide groups is 1. The molecule has 1 aromatic carbocycles. The highest BCUT2D eigenvalue weighted by Gasteiger charge is 2.64. The van der Waals surface area contributed by atoms with E-state index in [2.05, 4.69) is 13.8 Å². The van der Waals surface area contributed by atoms with Crippen molar-refractivity contribution in [3.05, 3.63) is 29.8 Å². The number of hydrogen-bond donors (Lipinski definition) is 0. The lowest BCUT2D eigenvalue weighted by molar-refractivity contribution is -0.146. The molecule has 2 fully saturated rings. The number of fused-ring (bicyclic) bond motifs is 2. The van der Waals surface area contributed by atoms with Gasteiger partial charge in [0.25, 0.3) is 0 Å². The molecule has 2 aliphatic rings. The molecule has 1 heterocycles. The minimum atomic E-state index is -0.434. The molecule has 0 aromatic heterocycles. The highest BCUT2D eigenvalue weighted by atomic mass is 16.2. The van der Waals surface area contributed by atoms with Gasteiger partial charge in [-0.3, -0.25) is 9.59 Å². The van der Waals surface area contributed by atoms with Crippen LogP contribution in [-0.4, -0.2) is 11.8 Å². The molecule has 1 aliphatic heterocycles. The van der Waals surface area contributed by atoms with Gasteiger partial charge in [-0.15, -0.1) is 0 Å². The molecule has 1 aliphatic carbocycles. The molecule has 3 nitrogen and oxygen atoms in total. The van der Waals surface area contributed by atoms with Gasteiger partial charge in [-0.25, -0.2) is 4.90 Å². The van der Waals surface area contributed by atoms with Gasteiger partial charge in [0.1, 0.15) is 0 Å². The summed E-state index contributed by atoms with van der Waals surface area (Å²) in [7, 11) is 0. The number of rotatable bonds is 1. The van der Waals surface area contributed by atoms with Gasteiger partial charge in [0.05, 0.1) is 11.1 Å². The summed E-state index contributed by atoms with van der Waals surface area (Å²) in [5, 5.41) is 0. The number of anilines is 1. The Kier molecular flexibility index (Phi) is 2.63. The van der Waals surface area contributed by atoms with Crippen molar-refractivity contribution in [2.75, 3.05) is 4.90 Å². The first-order chi connectivity index (χ1) is 9.29. The van der Waals surface area contributed by atoms with Gasteiger partial charge < -0.3 is 0 Å². The number of hydrogen-bond acceptors (Lipinski definition) is 2. The lowest BCUT2D eigenvalue weighted by Crippen LogP contribution is -2.59. The van der Waals surface area contributed by atoms with E-state index in [9.17, 15) is 9.59 Å². The Labute approximate surface area is 120 Å². The SMILES string of the molecule is Cc1ccc(N2C(=O)[C@@H]3CC[C@@](C)(C2=O)C3(C)C)cc1. The van der Waals surface area contributed by atoms with E-state index in [-0.39, 0.29) is 23.1 Å². The number of benzene rings is 1. The van der Waals surface area contributed by atoms with Gasteiger partial charge in [0, 0.05) is 5.92 Å². The summed E-state index contributed by atoms with van der Waals surface area (Å²) in [5.41, 5.74) is 1.15. The molecule has 1 saturated heterocycles. The van der Waals surface area contributed by atoms with Crippen LogP contribution in [0.3, 0.4) is 0 Å². The molecule has 0 spiro atoms. The van der Waals surface area contributed by atoms with Crippen LogP contribution >= 0.6 is 0 Å². The van der Waals surface area contributed by atoms with Crippen LogP contribution < -0.4 is 4.90 Å². The van der Waals surface area contributed by atoms with Crippen molar-refractivity contribution in [2.24, 2.45) is 16.7 Å². The van der Waals surface area contributed by atoms with Crippen LogP contribution in [0, 0.1) is 23.7 Å². The Morgan fingerprint density at radius 3 is 2.30 bits per heavy atom. The summed E-state index contributed by atoms with van der Waals surface area (Å²) >= 11 is 0. The summed E-state index contributed by atoms with van der Waals surface area (Å²) in [6, 6.07) is 7.62. The fourth-order valence-corrected chi connectivity index (χ4v) is 3.76. The predicted octanol–water partition coefficient (Wildman–Crippen LogP) is 3.31. The quantitative estimate of drug-likeness (QED) is 0.735. The minimum Gasteiger partial charge on any atom is -0.274 e. The molecule has 2 atom stereocenters. The van der Waals surface area contributed by atoms with Crippen LogP contribution in [0.15, 0.2) is 24.3 Å². The van der Waals surface area contributed by atoms with Crippen LogP contribution in [0.1, 0.15) is 39.2 Å². The van der Waals surface area contributed by atoms with Crippen molar-refractivity contribution in [3.63, 3.8) is 0 Å². The molecule has 0 unspecified atom stereocenters. The number of nitrogens with zero attached hydrogens (tertiary/aromatic N) is 1. The highest BCUT2D eigenvalue weighted by molar-refractivity contribution is 6.20. The summed E-state index contributed by atoms with van der Waals surface area (Å²) in [6.07, 6.45) is 1.62. The van der Waals surface area contributed by atoms with Gasteiger partial charge in [0.15, 0.2) is 0 Å². The summed E-state index contributed by atoms with van der Waals surface area (Å²) in [5.74, 6) is -0.115. The third-order valence-corrected chi connectivity index (χ3v) is 5.71. The fourth-order valence-electron chi connectivity index (χ4n) is 3.76. The average Bonchev–Trinajstić information content (AvgIpc) is 2.57. The van der Waals surface area contributed by atoms with E-state index in [1.165, 1.54) is 4.90 Å². The first kappa shape index (κ1) is 13.3. The van der Waals surface area contributed by atoms with Crippen molar-refractivity contribution >= 4 is 17.5 Å². The monoisotopic (exact) mass is 271 g/mol. The van der Waals surface area contributed by atoms with E-state index in [0.717, 1.165) is 18.4 Å². The Balaban J connectivity index is 2.09. The highest BCUT2D eigenvalue weighted by Crippen LogP contribution is 2.60. The summed E-state index contributed by atoms with van der Waals surface area (Å²) < 4.78 is 0. The lowest BCUT2D eigenvalue weighted by Gasteiger charge is -2.47. The second kappa shape index (κ2) is 3.94. The maximum absolute atomic E-state index is 12.9. The predicted molar refractivity (Wildman–Crippen MR) is 78.3 cm³/mol. The largest absolute Gasteiger partial charge is 0.274 e. The molecule has 2 amide bonds. The van der Waals surface area contributed by atoms with Crippen molar-refractivity contribution < 1.29 is 9.59 Å². The summed E-state index contributed by atoms with van der Waals surface area (Å²) in [6.45, 7) is 8.14. The van der Waals surface area contributed by atoms with Crippen LogP contribution in [0.2, 0.25) is 0 Å². The van der Waals surface area contributed by atoms with Crippen molar-refractivity contribution in [1.82, 2.24) is 0 Å². The van der Waals surface area contributed by atoms with Crippen LogP contribution in [0.4, 0.5) is 5.69 Å². The number of carbonyl (C=O) groups excluding carboxylic acids is 2. The summed E-state index contributed by atoms with van der Waals surface area (Å²) in [4.78, 5) is 27.1. The van der Waals surface area contributed by atoms with E-state index in [0.29, 0.717) is 5.69 Å². The molecule has 0 radical (unpaired) electrons. The van der Waals surface area contributed by atoms with Gasteiger partial charge in [-0.1, -0.05) is 38.5 Å². The Bertz CT molecular complexity index is 588. The minimum absolute atomic E-state index is 0.0289. The van der Waals surface area contributed by atoms with E-state index >= 15 is 0 Å². The lowest BCUT2D eigenvalue weighted by atomic mass is 9.62. The normalized spacial score (nSPS) is 31.8. The van der Waals surface area contributed by atoms with E-state index < -0.39 is 5.41 Å². The second-order valence-electron chi connectivity index (χ2n) is 6.96. The molecule has 3 rings (SSSR count). The molecule has 3 heteroatoms. The number of amides is 2. The zero-order valence-corrected chi connectivity index (χ0v) is 12.6. The first-order valence-corrected chi connectivity index (χ1v) is 7.24. The molecule has 2 bridgehead atoms. The zero-order chi connectivity index (χ0) is 14.7. The molecule has 1 aromatic rings. The molecule has 1 saturated carbocycles. The van der Waals surface area contributed by atoms with Crippen LogP contribution in [-0.2, 0) is 9.59 Å². The smallest absolute Gasteiger partial charge is 0.240 e. The number of aryl methyl sites for hydroxylation is 1. The number of carbonyl (C=O) groups is 2. The maximum atomic E-state index is 12.9. The van der Waals surface area contributed by atoms with Crippen molar-refractivity contribution in [1.29, 1.82) is 0 Å². The standard InChI is InChI=1S/C17H21NO2/c1-11-5-7-12(8-6-11)18-14(19)13-9-10-17(4,15(18)20)16(13,2)3/h5-8,13H,9-10H2,1-4H3/t13-,17-/m0/s1. The molecular weight excluding hydrogens is 250 g/mol. The van der Waals surface area contributed by atoms with Gasteiger partial charge >= 0.3 is 0 Å². The first-order valence-electron chi connectivity index (χ1n) is 7.24. The molecule has 20 heavy (non-hydrogen) atoms. The Morgan fingerprint density at radius 1 is 1.10 bits per heavy atom. The van der Waals surface area contributed by atoms with E-state index in [1.807, 2.05) is 38.1 Å². The fraction of sp³-hybridized carbons (Fsp3) is 0.529. The van der Waals surface area contributed by atoms with Crippen LogP contribution in [0.5, 0.6) is 0 Å².